The number of amides is 2. The van der Waals surface area contributed by atoms with E-state index in [0.29, 0.717) is 22.7 Å². The van der Waals surface area contributed by atoms with Crippen LogP contribution in [0.1, 0.15) is 22.8 Å². The number of ether oxygens (including phenoxy) is 2. The number of rotatable bonds is 6. The Bertz CT molecular complexity index is 803. The summed E-state index contributed by atoms with van der Waals surface area (Å²) in [7, 11) is 3.10. The van der Waals surface area contributed by atoms with E-state index in [9.17, 15) is 9.59 Å². The topological polar surface area (TPSA) is 89.0 Å². The predicted octanol–water partition coefficient (Wildman–Crippen LogP) is 2.43. The van der Waals surface area contributed by atoms with Gasteiger partial charge in [0, 0.05) is 18.2 Å². The van der Waals surface area contributed by atoms with Gasteiger partial charge < -0.3 is 14.8 Å². The van der Waals surface area contributed by atoms with Crippen molar-refractivity contribution in [3.05, 3.63) is 53.6 Å². The highest BCUT2D eigenvalue weighted by Gasteiger charge is 2.06. The van der Waals surface area contributed by atoms with Crippen LogP contribution in [0, 0.1) is 0 Å². The summed E-state index contributed by atoms with van der Waals surface area (Å²) in [6.45, 7) is 1.40. The lowest BCUT2D eigenvalue weighted by Crippen LogP contribution is -2.18. The molecular formula is C18H19N3O4. The van der Waals surface area contributed by atoms with Crippen LogP contribution in [0.2, 0.25) is 0 Å². The van der Waals surface area contributed by atoms with Crippen LogP contribution in [0.4, 0.5) is 5.69 Å². The monoisotopic (exact) mass is 341 g/mol. The number of nitrogens with one attached hydrogen (secondary N) is 2. The molecule has 2 amide bonds. The standard InChI is InChI=1S/C18H19N3O4/c1-12(22)20-15-6-4-5-14(10-15)18(23)21-19-11-13-7-8-16(24-2)17(9-13)25-3/h4-11H,1-3H3,(H,20,22)(H,21,23)/b19-11-. The lowest BCUT2D eigenvalue weighted by atomic mass is 10.2. The van der Waals surface area contributed by atoms with Gasteiger partial charge in [-0.15, -0.1) is 0 Å². The highest BCUT2D eigenvalue weighted by atomic mass is 16.5. The fraction of sp³-hybridized carbons (Fsp3) is 0.167. The summed E-state index contributed by atoms with van der Waals surface area (Å²) in [5.41, 5.74) is 4.11. The molecule has 2 aromatic carbocycles. The van der Waals surface area contributed by atoms with Gasteiger partial charge in [-0.05, 0) is 42.0 Å². The average Bonchev–Trinajstić information content (AvgIpc) is 2.61. The Morgan fingerprint density at radius 3 is 2.48 bits per heavy atom. The van der Waals surface area contributed by atoms with E-state index in [4.69, 9.17) is 9.47 Å². The van der Waals surface area contributed by atoms with Crippen LogP contribution >= 0.6 is 0 Å². The van der Waals surface area contributed by atoms with E-state index in [0.717, 1.165) is 5.56 Å². The molecule has 0 aliphatic rings. The lowest BCUT2D eigenvalue weighted by Gasteiger charge is -2.07. The summed E-state index contributed by atoms with van der Waals surface area (Å²) >= 11 is 0. The third-order valence-electron chi connectivity index (χ3n) is 3.23. The van der Waals surface area contributed by atoms with Gasteiger partial charge in [0.1, 0.15) is 0 Å². The van der Waals surface area contributed by atoms with Crippen LogP contribution in [0.15, 0.2) is 47.6 Å². The number of hydrogen-bond donors (Lipinski definition) is 2. The minimum absolute atomic E-state index is 0.205. The minimum atomic E-state index is -0.385. The summed E-state index contributed by atoms with van der Waals surface area (Å²) < 4.78 is 10.4. The van der Waals surface area contributed by atoms with Crippen LogP contribution < -0.4 is 20.2 Å². The Hall–Kier alpha value is -3.35. The molecule has 2 rings (SSSR count). The van der Waals surface area contributed by atoms with Gasteiger partial charge in [0.2, 0.25) is 5.91 Å². The minimum Gasteiger partial charge on any atom is -0.493 e. The SMILES string of the molecule is COc1ccc(/C=N\NC(=O)c2cccc(NC(C)=O)c2)cc1OC. The van der Waals surface area contributed by atoms with Crippen molar-refractivity contribution in [2.75, 3.05) is 19.5 Å². The highest BCUT2D eigenvalue weighted by Crippen LogP contribution is 2.26. The van der Waals surface area contributed by atoms with Crippen LogP contribution in [-0.2, 0) is 4.79 Å². The maximum atomic E-state index is 12.1. The number of methoxy groups -OCH3 is 2. The van der Waals surface area contributed by atoms with Crippen LogP contribution in [0.3, 0.4) is 0 Å². The van der Waals surface area contributed by atoms with Gasteiger partial charge >= 0.3 is 0 Å². The quantitative estimate of drug-likeness (QED) is 0.624. The smallest absolute Gasteiger partial charge is 0.271 e. The number of hydrogen-bond acceptors (Lipinski definition) is 5. The van der Waals surface area contributed by atoms with Gasteiger partial charge in [0.25, 0.3) is 5.91 Å². The van der Waals surface area contributed by atoms with E-state index in [1.54, 1.807) is 56.7 Å². The van der Waals surface area contributed by atoms with Crippen molar-refractivity contribution in [3.8, 4) is 11.5 Å². The molecule has 2 aromatic rings. The van der Waals surface area contributed by atoms with Crippen LogP contribution in [0.5, 0.6) is 11.5 Å². The van der Waals surface area contributed by atoms with E-state index >= 15 is 0 Å². The third-order valence-corrected chi connectivity index (χ3v) is 3.23. The molecule has 2 N–H and O–H groups in total. The molecule has 0 heterocycles. The van der Waals surface area contributed by atoms with E-state index in [2.05, 4.69) is 15.8 Å². The fourth-order valence-corrected chi connectivity index (χ4v) is 2.10. The molecule has 0 fully saturated rings. The first-order valence-corrected chi connectivity index (χ1v) is 7.46. The van der Waals surface area contributed by atoms with E-state index < -0.39 is 0 Å². The number of benzene rings is 2. The second-order valence-corrected chi connectivity index (χ2v) is 5.08. The maximum Gasteiger partial charge on any atom is 0.271 e. The molecule has 0 aliphatic carbocycles. The van der Waals surface area contributed by atoms with E-state index in [1.165, 1.54) is 13.1 Å². The Balaban J connectivity index is 2.04. The molecule has 0 saturated heterocycles. The zero-order valence-electron chi connectivity index (χ0n) is 14.2. The first kappa shape index (κ1) is 18.0. The highest BCUT2D eigenvalue weighted by molar-refractivity contribution is 5.97. The number of carbonyl (C=O) groups excluding carboxylic acids is 2. The molecule has 0 bridgehead atoms. The molecule has 7 nitrogen and oxygen atoms in total. The molecule has 0 spiro atoms. The normalized spacial score (nSPS) is 10.4. The fourth-order valence-electron chi connectivity index (χ4n) is 2.10. The summed E-state index contributed by atoms with van der Waals surface area (Å²) in [5, 5.41) is 6.55. The van der Waals surface area contributed by atoms with Crippen molar-refractivity contribution < 1.29 is 19.1 Å². The first-order valence-electron chi connectivity index (χ1n) is 7.46. The molecule has 25 heavy (non-hydrogen) atoms. The summed E-state index contributed by atoms with van der Waals surface area (Å²) in [4.78, 5) is 23.2. The van der Waals surface area contributed by atoms with Crippen molar-refractivity contribution >= 4 is 23.7 Å². The molecule has 130 valence electrons. The van der Waals surface area contributed by atoms with Crippen molar-refractivity contribution in [3.63, 3.8) is 0 Å². The predicted molar refractivity (Wildman–Crippen MR) is 95.4 cm³/mol. The molecule has 7 heteroatoms. The Morgan fingerprint density at radius 2 is 1.80 bits per heavy atom. The van der Waals surface area contributed by atoms with Gasteiger partial charge in [-0.1, -0.05) is 6.07 Å². The van der Waals surface area contributed by atoms with E-state index in [1.807, 2.05) is 0 Å². The molecule has 0 unspecified atom stereocenters. The Morgan fingerprint density at radius 1 is 1.04 bits per heavy atom. The Labute approximate surface area is 145 Å². The first-order chi connectivity index (χ1) is 12.0. The van der Waals surface area contributed by atoms with Gasteiger partial charge in [-0.3, -0.25) is 9.59 Å². The molecule has 0 radical (unpaired) electrons. The van der Waals surface area contributed by atoms with Gasteiger partial charge in [-0.25, -0.2) is 5.43 Å². The van der Waals surface area contributed by atoms with Crippen molar-refractivity contribution in [2.24, 2.45) is 5.10 Å². The molecule has 0 atom stereocenters. The number of anilines is 1. The third kappa shape index (κ3) is 5.07. The molecule has 0 saturated carbocycles. The molecular weight excluding hydrogens is 322 g/mol. The molecule has 0 aromatic heterocycles. The summed E-state index contributed by atoms with van der Waals surface area (Å²) in [5.74, 6) is 0.590. The number of nitrogens with zero attached hydrogens (tertiary/aromatic N) is 1. The van der Waals surface area contributed by atoms with Gasteiger partial charge in [-0.2, -0.15) is 5.10 Å². The molecule has 0 aliphatic heterocycles. The van der Waals surface area contributed by atoms with Gasteiger partial charge in [0.15, 0.2) is 11.5 Å². The zero-order chi connectivity index (χ0) is 18.2. The zero-order valence-corrected chi connectivity index (χ0v) is 14.2. The van der Waals surface area contributed by atoms with Crippen molar-refractivity contribution in [2.45, 2.75) is 6.92 Å². The average molecular weight is 341 g/mol. The van der Waals surface area contributed by atoms with E-state index in [-0.39, 0.29) is 11.8 Å². The summed E-state index contributed by atoms with van der Waals surface area (Å²) in [6, 6.07) is 11.9. The second kappa shape index (κ2) is 8.49. The number of hydrazone groups is 1. The number of carbonyl (C=O) groups is 2. The summed E-state index contributed by atoms with van der Waals surface area (Å²) in [6.07, 6.45) is 1.50. The maximum absolute atomic E-state index is 12.1. The lowest BCUT2D eigenvalue weighted by molar-refractivity contribution is -0.114. The second-order valence-electron chi connectivity index (χ2n) is 5.08. The largest absolute Gasteiger partial charge is 0.493 e. The van der Waals surface area contributed by atoms with Crippen LogP contribution in [-0.4, -0.2) is 32.2 Å². The Kier molecular flexibility index (Phi) is 6.11. The van der Waals surface area contributed by atoms with Crippen molar-refractivity contribution in [1.29, 1.82) is 0 Å². The van der Waals surface area contributed by atoms with Crippen molar-refractivity contribution in [1.82, 2.24) is 5.43 Å². The van der Waals surface area contributed by atoms with Gasteiger partial charge in [0.05, 0.1) is 20.4 Å². The van der Waals surface area contributed by atoms with Crippen LogP contribution in [0.25, 0.3) is 0 Å².